The number of hydrogen-bond acceptors (Lipinski definition) is 5. The SMILES string of the molecule is CCOc1ccc(C#N)cc1NC(=O)C1CCN(S(=O)(=O)c2ccc(F)c(Cl)c2)CC1. The van der Waals surface area contributed by atoms with E-state index in [1.807, 2.05) is 13.0 Å². The molecule has 1 aliphatic rings. The summed E-state index contributed by atoms with van der Waals surface area (Å²) in [4.78, 5) is 12.7. The fraction of sp³-hybridized carbons (Fsp3) is 0.333. The van der Waals surface area contributed by atoms with Crippen LogP contribution in [0.4, 0.5) is 10.1 Å². The number of sulfonamides is 1. The number of ether oxygens (including phenoxy) is 1. The Hall–Kier alpha value is -2.67. The maximum absolute atomic E-state index is 13.4. The van der Waals surface area contributed by atoms with Crippen LogP contribution in [0.1, 0.15) is 25.3 Å². The molecule has 1 saturated heterocycles. The Balaban J connectivity index is 1.68. The van der Waals surface area contributed by atoms with Gasteiger partial charge < -0.3 is 10.1 Å². The van der Waals surface area contributed by atoms with Crippen molar-refractivity contribution >= 4 is 33.2 Å². The third-order valence-electron chi connectivity index (χ3n) is 5.02. The van der Waals surface area contributed by atoms with Crippen LogP contribution in [0.15, 0.2) is 41.3 Å². The van der Waals surface area contributed by atoms with E-state index in [9.17, 15) is 17.6 Å². The Morgan fingerprint density at radius 3 is 2.61 bits per heavy atom. The van der Waals surface area contributed by atoms with Crippen LogP contribution in [0.3, 0.4) is 0 Å². The van der Waals surface area contributed by atoms with Crippen LogP contribution in [0.2, 0.25) is 5.02 Å². The Bertz CT molecular complexity index is 1130. The lowest BCUT2D eigenvalue weighted by Crippen LogP contribution is -2.41. The minimum Gasteiger partial charge on any atom is -0.492 e. The van der Waals surface area contributed by atoms with Crippen LogP contribution in [0, 0.1) is 23.1 Å². The molecule has 1 fully saturated rings. The lowest BCUT2D eigenvalue weighted by Gasteiger charge is -2.30. The molecule has 7 nitrogen and oxygen atoms in total. The van der Waals surface area contributed by atoms with Gasteiger partial charge in [-0.15, -0.1) is 0 Å². The van der Waals surface area contributed by atoms with Gasteiger partial charge >= 0.3 is 0 Å². The number of nitrogens with zero attached hydrogens (tertiary/aromatic N) is 2. The first-order valence-electron chi connectivity index (χ1n) is 9.69. The van der Waals surface area contributed by atoms with Crippen LogP contribution in [0.25, 0.3) is 0 Å². The summed E-state index contributed by atoms with van der Waals surface area (Å²) < 4.78 is 45.7. The van der Waals surface area contributed by atoms with Gasteiger partial charge in [-0.1, -0.05) is 11.6 Å². The molecule has 31 heavy (non-hydrogen) atoms. The predicted octanol–water partition coefficient (Wildman–Crippen LogP) is 3.79. The van der Waals surface area contributed by atoms with E-state index < -0.39 is 21.8 Å². The second-order valence-electron chi connectivity index (χ2n) is 7.00. The molecular formula is C21H21ClFN3O4S. The molecule has 1 heterocycles. The van der Waals surface area contributed by atoms with Gasteiger partial charge in [-0.05, 0) is 56.2 Å². The van der Waals surface area contributed by atoms with E-state index in [2.05, 4.69) is 5.32 Å². The quantitative estimate of drug-likeness (QED) is 0.699. The zero-order valence-corrected chi connectivity index (χ0v) is 18.3. The van der Waals surface area contributed by atoms with Crippen molar-refractivity contribution in [1.82, 2.24) is 4.31 Å². The largest absolute Gasteiger partial charge is 0.492 e. The summed E-state index contributed by atoms with van der Waals surface area (Å²) in [6, 6.07) is 10.1. The Morgan fingerprint density at radius 2 is 2.00 bits per heavy atom. The highest BCUT2D eigenvalue weighted by molar-refractivity contribution is 7.89. The number of anilines is 1. The standard InChI is InChI=1S/C21H21ClFN3O4S/c1-2-30-20-6-3-14(13-24)11-19(20)25-21(27)15-7-9-26(10-8-15)31(28,29)16-4-5-18(23)17(22)12-16/h3-6,11-12,15H,2,7-10H2,1H3,(H,25,27). The number of nitrogens with one attached hydrogen (secondary N) is 1. The van der Waals surface area contributed by atoms with Crippen LogP contribution in [0.5, 0.6) is 5.75 Å². The summed E-state index contributed by atoms with van der Waals surface area (Å²) in [7, 11) is -3.84. The molecule has 0 bridgehead atoms. The molecule has 1 aliphatic heterocycles. The van der Waals surface area contributed by atoms with Gasteiger partial charge in [0.25, 0.3) is 0 Å². The van der Waals surface area contributed by atoms with E-state index in [1.165, 1.54) is 10.4 Å². The molecule has 0 spiro atoms. The Kier molecular flexibility index (Phi) is 7.15. The molecule has 0 saturated carbocycles. The van der Waals surface area contributed by atoms with Crippen LogP contribution >= 0.6 is 11.6 Å². The summed E-state index contributed by atoms with van der Waals surface area (Å²) in [6.45, 7) is 2.50. The molecule has 0 atom stereocenters. The first kappa shape index (κ1) is 23.0. The molecule has 2 aromatic rings. The zero-order chi connectivity index (χ0) is 22.6. The van der Waals surface area contributed by atoms with Crippen molar-refractivity contribution in [1.29, 1.82) is 5.26 Å². The van der Waals surface area contributed by atoms with Crippen LogP contribution < -0.4 is 10.1 Å². The molecule has 164 valence electrons. The molecule has 10 heteroatoms. The van der Waals surface area contributed by atoms with E-state index >= 15 is 0 Å². The first-order chi connectivity index (χ1) is 14.8. The fourth-order valence-electron chi connectivity index (χ4n) is 3.36. The number of hydrogen-bond donors (Lipinski definition) is 1. The molecule has 0 radical (unpaired) electrons. The maximum atomic E-state index is 13.4. The van der Waals surface area contributed by atoms with E-state index in [1.54, 1.807) is 18.2 Å². The zero-order valence-electron chi connectivity index (χ0n) is 16.8. The smallest absolute Gasteiger partial charge is 0.243 e. The Labute approximate surface area is 185 Å². The Morgan fingerprint density at radius 1 is 1.29 bits per heavy atom. The number of piperidine rings is 1. The molecule has 1 amide bonds. The number of amides is 1. The molecule has 3 rings (SSSR count). The summed E-state index contributed by atoms with van der Waals surface area (Å²) >= 11 is 5.72. The van der Waals surface area contributed by atoms with Gasteiger partial charge in [0.1, 0.15) is 11.6 Å². The summed E-state index contributed by atoms with van der Waals surface area (Å²) in [6.07, 6.45) is 0.643. The normalized spacial score (nSPS) is 15.3. The van der Waals surface area contributed by atoms with E-state index in [4.69, 9.17) is 21.6 Å². The molecule has 0 aromatic heterocycles. The number of benzene rings is 2. The van der Waals surface area contributed by atoms with Crippen LogP contribution in [-0.4, -0.2) is 38.3 Å². The maximum Gasteiger partial charge on any atom is 0.243 e. The van der Waals surface area contributed by atoms with Gasteiger partial charge in [-0.2, -0.15) is 9.57 Å². The highest BCUT2D eigenvalue weighted by Gasteiger charge is 2.32. The van der Waals surface area contributed by atoms with Gasteiger partial charge in [0.2, 0.25) is 15.9 Å². The highest BCUT2D eigenvalue weighted by Crippen LogP contribution is 2.29. The van der Waals surface area contributed by atoms with Crippen molar-refractivity contribution in [2.24, 2.45) is 5.92 Å². The highest BCUT2D eigenvalue weighted by atomic mass is 35.5. The number of carbonyl (C=O) groups excluding carboxylic acids is 1. The van der Waals surface area contributed by atoms with Crippen molar-refractivity contribution in [3.05, 3.63) is 52.8 Å². The number of nitriles is 1. The molecule has 1 N–H and O–H groups in total. The van der Waals surface area contributed by atoms with E-state index in [0.29, 0.717) is 36.4 Å². The van der Waals surface area contributed by atoms with Crippen molar-refractivity contribution in [3.8, 4) is 11.8 Å². The number of carbonyl (C=O) groups is 1. The monoisotopic (exact) mass is 465 g/mol. The minimum absolute atomic E-state index is 0.0866. The molecule has 2 aromatic carbocycles. The second-order valence-corrected chi connectivity index (χ2v) is 9.34. The number of halogens is 2. The van der Waals surface area contributed by atoms with Gasteiger partial charge in [-0.3, -0.25) is 4.79 Å². The third kappa shape index (κ3) is 5.15. The fourth-order valence-corrected chi connectivity index (χ4v) is 5.10. The topological polar surface area (TPSA) is 99.5 Å². The predicted molar refractivity (Wildman–Crippen MR) is 114 cm³/mol. The average molecular weight is 466 g/mol. The number of rotatable bonds is 6. The van der Waals surface area contributed by atoms with Crippen molar-refractivity contribution in [2.45, 2.75) is 24.7 Å². The molecule has 0 unspecified atom stereocenters. The average Bonchev–Trinajstić information content (AvgIpc) is 2.77. The van der Waals surface area contributed by atoms with Gasteiger partial charge in [0, 0.05) is 19.0 Å². The molecular weight excluding hydrogens is 445 g/mol. The molecule has 0 aliphatic carbocycles. The minimum atomic E-state index is -3.84. The summed E-state index contributed by atoms with van der Waals surface area (Å²) in [5.74, 6) is -0.896. The summed E-state index contributed by atoms with van der Waals surface area (Å²) in [5, 5.41) is 11.6. The first-order valence-corrected chi connectivity index (χ1v) is 11.5. The van der Waals surface area contributed by atoms with Crippen molar-refractivity contribution in [2.75, 3.05) is 25.0 Å². The second kappa shape index (κ2) is 9.64. The van der Waals surface area contributed by atoms with Crippen LogP contribution in [-0.2, 0) is 14.8 Å². The van der Waals surface area contributed by atoms with Gasteiger partial charge in [0.15, 0.2) is 0 Å². The van der Waals surface area contributed by atoms with E-state index in [0.717, 1.165) is 12.1 Å². The van der Waals surface area contributed by atoms with E-state index in [-0.39, 0.29) is 28.9 Å². The van der Waals surface area contributed by atoms with Gasteiger partial charge in [-0.25, -0.2) is 12.8 Å². The lowest BCUT2D eigenvalue weighted by molar-refractivity contribution is -0.120. The lowest BCUT2D eigenvalue weighted by atomic mass is 9.97. The van der Waals surface area contributed by atoms with Gasteiger partial charge in [0.05, 0.1) is 33.8 Å². The summed E-state index contributed by atoms with van der Waals surface area (Å²) in [5.41, 5.74) is 0.791. The van der Waals surface area contributed by atoms with Crippen molar-refractivity contribution in [3.63, 3.8) is 0 Å². The third-order valence-corrected chi connectivity index (χ3v) is 7.20. The van der Waals surface area contributed by atoms with Crippen molar-refractivity contribution < 1.29 is 22.3 Å².